The molecule has 0 bridgehead atoms. The Hall–Kier alpha value is -3.75. The molecule has 32 heavy (non-hydrogen) atoms. The van der Waals surface area contributed by atoms with Gasteiger partial charge in [-0.3, -0.25) is 4.79 Å². The van der Waals surface area contributed by atoms with E-state index in [2.05, 4.69) is 10.3 Å². The number of nitrogens with zero attached hydrogens (tertiary/aromatic N) is 4. The van der Waals surface area contributed by atoms with Gasteiger partial charge in [0, 0.05) is 38.1 Å². The number of aromatic nitrogens is 2. The van der Waals surface area contributed by atoms with Gasteiger partial charge in [-0.15, -0.1) is 0 Å². The van der Waals surface area contributed by atoms with E-state index in [0.717, 1.165) is 22.5 Å². The molecule has 2 aromatic heterocycles. The third kappa shape index (κ3) is 4.18. The molecule has 0 unspecified atom stereocenters. The molecule has 9 nitrogen and oxygen atoms in total. The van der Waals surface area contributed by atoms with Gasteiger partial charge in [-0.05, 0) is 44.2 Å². The second-order valence-corrected chi connectivity index (χ2v) is 7.51. The average molecular weight is 438 g/mol. The molecule has 2 amide bonds. The zero-order valence-corrected chi connectivity index (χ0v) is 18.2. The summed E-state index contributed by atoms with van der Waals surface area (Å²) in [5.41, 5.74) is 2.11. The minimum atomic E-state index is -0.895. The van der Waals surface area contributed by atoms with Gasteiger partial charge in [-0.25, -0.2) is 9.78 Å². The van der Waals surface area contributed by atoms with Gasteiger partial charge in [-0.1, -0.05) is 6.07 Å². The summed E-state index contributed by atoms with van der Waals surface area (Å²) in [6, 6.07) is 11.3. The van der Waals surface area contributed by atoms with E-state index in [1.54, 1.807) is 6.20 Å². The number of anilines is 2. The molecule has 2 N–H and O–H groups in total. The normalized spacial score (nSPS) is 13.9. The molecule has 1 saturated heterocycles. The summed E-state index contributed by atoms with van der Waals surface area (Å²) in [6.45, 7) is 7.22. The van der Waals surface area contributed by atoms with E-state index in [4.69, 9.17) is 9.84 Å². The standard InChI is InChI=1S/C23H27N5O4/c1-3-28-18-6-5-7-20(32-4-2)17(18)14-19(28)22(29)25-16-8-9-21(24-15-16)26-10-12-27(13-11-26)23(30)31/h5-9,14-15H,3-4,10-13H2,1-2H3,(H,25,29)(H,30,31). The topological polar surface area (TPSA) is 99.9 Å². The molecule has 1 aromatic carbocycles. The summed E-state index contributed by atoms with van der Waals surface area (Å²) < 4.78 is 7.69. The van der Waals surface area contributed by atoms with Crippen LogP contribution >= 0.6 is 0 Å². The lowest BCUT2D eigenvalue weighted by Gasteiger charge is -2.33. The maximum atomic E-state index is 13.0. The van der Waals surface area contributed by atoms with Crippen molar-refractivity contribution in [3.63, 3.8) is 0 Å². The molecular formula is C23H27N5O4. The number of hydrogen-bond acceptors (Lipinski definition) is 5. The summed E-state index contributed by atoms with van der Waals surface area (Å²) in [7, 11) is 0. The van der Waals surface area contributed by atoms with Crippen LogP contribution in [-0.4, -0.2) is 64.3 Å². The molecule has 9 heteroatoms. The van der Waals surface area contributed by atoms with Crippen LogP contribution in [0.15, 0.2) is 42.6 Å². The number of carbonyl (C=O) groups is 2. The number of ether oxygens (including phenoxy) is 1. The van der Waals surface area contributed by atoms with E-state index < -0.39 is 6.09 Å². The van der Waals surface area contributed by atoms with Crippen LogP contribution in [0.3, 0.4) is 0 Å². The molecule has 3 heterocycles. The first-order valence-corrected chi connectivity index (χ1v) is 10.8. The second kappa shape index (κ2) is 9.17. The van der Waals surface area contributed by atoms with Gasteiger partial charge in [0.05, 0.1) is 24.0 Å². The maximum absolute atomic E-state index is 13.0. The summed E-state index contributed by atoms with van der Waals surface area (Å²) in [5.74, 6) is 1.31. The van der Waals surface area contributed by atoms with Crippen LogP contribution in [0.2, 0.25) is 0 Å². The number of hydrogen-bond donors (Lipinski definition) is 2. The van der Waals surface area contributed by atoms with Crippen molar-refractivity contribution in [2.45, 2.75) is 20.4 Å². The number of piperazine rings is 1. The van der Waals surface area contributed by atoms with Crippen LogP contribution in [0.4, 0.5) is 16.3 Å². The third-order valence-electron chi connectivity index (χ3n) is 5.63. The molecule has 4 rings (SSSR count). The van der Waals surface area contributed by atoms with E-state index in [1.165, 1.54) is 4.90 Å². The second-order valence-electron chi connectivity index (χ2n) is 7.51. The van der Waals surface area contributed by atoms with Crippen molar-refractivity contribution in [3.8, 4) is 5.75 Å². The van der Waals surface area contributed by atoms with Crippen LogP contribution in [0, 0.1) is 0 Å². The summed E-state index contributed by atoms with van der Waals surface area (Å²) >= 11 is 0. The van der Waals surface area contributed by atoms with Crippen LogP contribution in [0.25, 0.3) is 10.9 Å². The van der Waals surface area contributed by atoms with Gasteiger partial charge in [0.15, 0.2) is 0 Å². The Morgan fingerprint density at radius 2 is 1.91 bits per heavy atom. The van der Waals surface area contributed by atoms with E-state index in [0.29, 0.717) is 50.7 Å². The molecule has 1 aliphatic rings. The average Bonchev–Trinajstić information content (AvgIpc) is 3.20. The van der Waals surface area contributed by atoms with Crippen LogP contribution < -0.4 is 15.0 Å². The summed E-state index contributed by atoms with van der Waals surface area (Å²) in [6.07, 6.45) is 0.731. The molecule has 0 atom stereocenters. The van der Waals surface area contributed by atoms with Crippen LogP contribution in [-0.2, 0) is 6.54 Å². The Balaban J connectivity index is 1.49. The first kappa shape index (κ1) is 21.5. The van der Waals surface area contributed by atoms with Crippen molar-refractivity contribution in [3.05, 3.63) is 48.3 Å². The molecule has 0 saturated carbocycles. The number of rotatable bonds is 6. The number of carbonyl (C=O) groups excluding carboxylic acids is 1. The minimum absolute atomic E-state index is 0.213. The Labute approximate surface area is 186 Å². The van der Waals surface area contributed by atoms with Gasteiger partial charge < -0.3 is 29.5 Å². The molecule has 0 radical (unpaired) electrons. The number of nitrogens with one attached hydrogen (secondary N) is 1. The summed E-state index contributed by atoms with van der Waals surface area (Å²) in [4.78, 5) is 32.0. The fourth-order valence-corrected chi connectivity index (χ4v) is 4.04. The highest BCUT2D eigenvalue weighted by atomic mass is 16.5. The molecule has 1 fully saturated rings. The summed E-state index contributed by atoms with van der Waals surface area (Å²) in [5, 5.41) is 12.9. The largest absolute Gasteiger partial charge is 0.493 e. The van der Waals surface area contributed by atoms with Crippen molar-refractivity contribution in [1.29, 1.82) is 0 Å². The Bertz CT molecular complexity index is 1120. The lowest BCUT2D eigenvalue weighted by molar-refractivity contribution is 0.101. The zero-order valence-electron chi connectivity index (χ0n) is 18.2. The Morgan fingerprint density at radius 1 is 1.12 bits per heavy atom. The highest BCUT2D eigenvalue weighted by molar-refractivity contribution is 6.07. The first-order valence-electron chi connectivity index (χ1n) is 10.8. The van der Waals surface area contributed by atoms with Crippen molar-refractivity contribution >= 4 is 34.4 Å². The molecule has 1 aliphatic heterocycles. The lowest BCUT2D eigenvalue weighted by Crippen LogP contribution is -2.48. The van der Waals surface area contributed by atoms with Gasteiger partial charge in [0.25, 0.3) is 5.91 Å². The minimum Gasteiger partial charge on any atom is -0.493 e. The number of benzene rings is 1. The van der Waals surface area contributed by atoms with Crippen molar-refractivity contribution < 1.29 is 19.4 Å². The maximum Gasteiger partial charge on any atom is 0.407 e. The quantitative estimate of drug-likeness (QED) is 0.612. The number of pyridine rings is 1. The lowest BCUT2D eigenvalue weighted by atomic mass is 10.2. The number of fused-ring (bicyclic) bond motifs is 1. The molecule has 0 aliphatic carbocycles. The smallest absolute Gasteiger partial charge is 0.407 e. The van der Waals surface area contributed by atoms with Crippen molar-refractivity contribution in [1.82, 2.24) is 14.5 Å². The highest BCUT2D eigenvalue weighted by Gasteiger charge is 2.21. The number of carboxylic acid groups (broad SMARTS) is 1. The van der Waals surface area contributed by atoms with Gasteiger partial charge in [-0.2, -0.15) is 0 Å². The SMILES string of the molecule is CCOc1cccc2c1cc(C(=O)Nc1ccc(N3CCN(C(=O)O)CC3)nc1)n2CC. The Morgan fingerprint density at radius 3 is 2.53 bits per heavy atom. The van der Waals surface area contributed by atoms with E-state index >= 15 is 0 Å². The molecule has 168 valence electrons. The van der Waals surface area contributed by atoms with Crippen LogP contribution in [0.1, 0.15) is 24.3 Å². The molecule has 3 aromatic rings. The van der Waals surface area contributed by atoms with E-state index in [-0.39, 0.29) is 5.91 Å². The monoisotopic (exact) mass is 437 g/mol. The molecular weight excluding hydrogens is 410 g/mol. The van der Waals surface area contributed by atoms with Gasteiger partial charge in [0.1, 0.15) is 17.3 Å². The van der Waals surface area contributed by atoms with Crippen LogP contribution in [0.5, 0.6) is 5.75 Å². The number of amides is 2. The fourth-order valence-electron chi connectivity index (χ4n) is 4.04. The van der Waals surface area contributed by atoms with E-state index in [9.17, 15) is 9.59 Å². The Kier molecular flexibility index (Phi) is 6.16. The molecule has 0 spiro atoms. The zero-order chi connectivity index (χ0) is 22.7. The fraction of sp³-hybridized carbons (Fsp3) is 0.348. The van der Waals surface area contributed by atoms with Crippen molar-refractivity contribution in [2.24, 2.45) is 0 Å². The van der Waals surface area contributed by atoms with Crippen molar-refractivity contribution in [2.75, 3.05) is 43.0 Å². The predicted molar refractivity (Wildman–Crippen MR) is 123 cm³/mol. The number of aryl methyl sites for hydroxylation is 1. The third-order valence-corrected chi connectivity index (χ3v) is 5.63. The van der Waals surface area contributed by atoms with Gasteiger partial charge >= 0.3 is 6.09 Å². The predicted octanol–water partition coefficient (Wildman–Crippen LogP) is 3.51. The highest BCUT2D eigenvalue weighted by Crippen LogP contribution is 2.29. The van der Waals surface area contributed by atoms with E-state index in [1.807, 2.05) is 59.7 Å². The van der Waals surface area contributed by atoms with Gasteiger partial charge in [0.2, 0.25) is 0 Å². The first-order chi connectivity index (χ1) is 15.5.